The molecule has 0 bridgehead atoms. The molecule has 29 heavy (non-hydrogen) atoms. The molecule has 0 heterocycles. The molecule has 0 aliphatic carbocycles. The van der Waals surface area contributed by atoms with Crippen LogP contribution >= 0.6 is 0 Å². The molecule has 0 aromatic heterocycles. The predicted octanol–water partition coefficient (Wildman–Crippen LogP) is 5.15. The summed E-state index contributed by atoms with van der Waals surface area (Å²) in [6.45, 7) is 6.42. The summed E-state index contributed by atoms with van der Waals surface area (Å²) in [7, 11) is 0. The van der Waals surface area contributed by atoms with Crippen molar-refractivity contribution in [2.45, 2.75) is 45.0 Å². The van der Waals surface area contributed by atoms with Crippen LogP contribution in [0.2, 0.25) is 0 Å². The van der Waals surface area contributed by atoms with Crippen LogP contribution in [0.1, 0.15) is 36.8 Å². The fraction of sp³-hybridized carbons (Fsp3) is 0.385. The van der Waals surface area contributed by atoms with Crippen molar-refractivity contribution in [2.75, 3.05) is 13.2 Å². The lowest BCUT2D eigenvalue weighted by Gasteiger charge is -2.14. The monoisotopic (exact) mass is 392 g/mol. The SMILES string of the molecule is C=CC(CCCOCc1ccccc1)C(O)C#CCCCOCc1ccccc1. The van der Waals surface area contributed by atoms with Gasteiger partial charge in [0.05, 0.1) is 13.2 Å². The maximum atomic E-state index is 10.3. The van der Waals surface area contributed by atoms with Crippen LogP contribution in [-0.4, -0.2) is 24.4 Å². The third-order valence-corrected chi connectivity index (χ3v) is 4.60. The maximum Gasteiger partial charge on any atom is 0.120 e. The van der Waals surface area contributed by atoms with Crippen LogP contribution in [0.15, 0.2) is 73.3 Å². The van der Waals surface area contributed by atoms with E-state index in [4.69, 9.17) is 9.47 Å². The molecule has 0 aliphatic rings. The first-order valence-electron chi connectivity index (χ1n) is 10.3. The number of aliphatic hydroxyl groups is 1. The lowest BCUT2D eigenvalue weighted by molar-refractivity contribution is 0.108. The van der Waals surface area contributed by atoms with Gasteiger partial charge in [0, 0.05) is 25.6 Å². The van der Waals surface area contributed by atoms with E-state index in [9.17, 15) is 5.11 Å². The van der Waals surface area contributed by atoms with E-state index >= 15 is 0 Å². The third kappa shape index (κ3) is 10.1. The molecular formula is C26H32O3. The van der Waals surface area contributed by atoms with E-state index in [-0.39, 0.29) is 5.92 Å². The Bertz CT molecular complexity index is 731. The molecule has 2 aromatic rings. The molecule has 3 nitrogen and oxygen atoms in total. The van der Waals surface area contributed by atoms with Gasteiger partial charge >= 0.3 is 0 Å². The molecule has 2 atom stereocenters. The van der Waals surface area contributed by atoms with Gasteiger partial charge in [0.2, 0.25) is 0 Å². The summed E-state index contributed by atoms with van der Waals surface area (Å²) in [5.74, 6) is 5.98. The summed E-state index contributed by atoms with van der Waals surface area (Å²) in [6, 6.07) is 20.3. The summed E-state index contributed by atoms with van der Waals surface area (Å²) >= 11 is 0. The molecule has 154 valence electrons. The van der Waals surface area contributed by atoms with Gasteiger partial charge in [-0.1, -0.05) is 72.7 Å². The maximum absolute atomic E-state index is 10.3. The van der Waals surface area contributed by atoms with Crippen LogP contribution in [0.3, 0.4) is 0 Å². The first-order valence-corrected chi connectivity index (χ1v) is 10.3. The van der Waals surface area contributed by atoms with Gasteiger partial charge in [0.15, 0.2) is 0 Å². The summed E-state index contributed by atoms with van der Waals surface area (Å²) in [4.78, 5) is 0. The summed E-state index contributed by atoms with van der Waals surface area (Å²) in [6.07, 6.45) is 4.38. The van der Waals surface area contributed by atoms with Crippen LogP contribution in [-0.2, 0) is 22.7 Å². The van der Waals surface area contributed by atoms with E-state index in [1.807, 2.05) is 36.4 Å². The number of unbranched alkanes of at least 4 members (excludes halogenated alkanes) is 1. The van der Waals surface area contributed by atoms with Crippen molar-refractivity contribution < 1.29 is 14.6 Å². The van der Waals surface area contributed by atoms with E-state index in [0.717, 1.165) is 25.7 Å². The highest BCUT2D eigenvalue weighted by molar-refractivity contribution is 5.14. The molecule has 2 unspecified atom stereocenters. The lowest BCUT2D eigenvalue weighted by atomic mass is 9.97. The zero-order valence-electron chi connectivity index (χ0n) is 17.1. The summed E-state index contributed by atoms with van der Waals surface area (Å²) in [5, 5.41) is 10.3. The molecule has 0 amide bonds. The van der Waals surface area contributed by atoms with E-state index in [1.54, 1.807) is 6.08 Å². The smallest absolute Gasteiger partial charge is 0.120 e. The van der Waals surface area contributed by atoms with Gasteiger partial charge in [-0.15, -0.1) is 12.5 Å². The second-order valence-corrected chi connectivity index (χ2v) is 6.99. The quantitative estimate of drug-likeness (QED) is 0.291. The van der Waals surface area contributed by atoms with Gasteiger partial charge in [-0.25, -0.2) is 0 Å². The number of rotatable bonds is 13. The van der Waals surface area contributed by atoms with E-state index < -0.39 is 6.10 Å². The van der Waals surface area contributed by atoms with Gasteiger partial charge in [0.1, 0.15) is 6.10 Å². The van der Waals surface area contributed by atoms with Gasteiger partial charge in [-0.3, -0.25) is 0 Å². The number of aliphatic hydroxyl groups excluding tert-OH is 1. The van der Waals surface area contributed by atoms with Gasteiger partial charge < -0.3 is 14.6 Å². The van der Waals surface area contributed by atoms with Crippen LogP contribution in [0, 0.1) is 17.8 Å². The highest BCUT2D eigenvalue weighted by Gasteiger charge is 2.12. The summed E-state index contributed by atoms with van der Waals surface area (Å²) < 4.78 is 11.3. The largest absolute Gasteiger partial charge is 0.380 e. The first-order chi connectivity index (χ1) is 14.3. The Morgan fingerprint density at radius 1 is 0.862 bits per heavy atom. The van der Waals surface area contributed by atoms with E-state index in [0.29, 0.717) is 26.4 Å². The van der Waals surface area contributed by atoms with Crippen molar-refractivity contribution in [2.24, 2.45) is 5.92 Å². The van der Waals surface area contributed by atoms with Crippen molar-refractivity contribution >= 4 is 0 Å². The number of benzene rings is 2. The van der Waals surface area contributed by atoms with Crippen molar-refractivity contribution in [3.05, 3.63) is 84.4 Å². The van der Waals surface area contributed by atoms with Crippen molar-refractivity contribution in [3.8, 4) is 11.8 Å². The number of ether oxygens (including phenoxy) is 2. The van der Waals surface area contributed by atoms with Gasteiger partial charge in [-0.2, -0.15) is 0 Å². The highest BCUT2D eigenvalue weighted by atomic mass is 16.5. The Morgan fingerprint density at radius 3 is 1.97 bits per heavy atom. The molecule has 3 heteroatoms. The molecule has 2 aromatic carbocycles. The molecule has 0 saturated heterocycles. The van der Waals surface area contributed by atoms with Crippen LogP contribution in [0.5, 0.6) is 0 Å². The molecule has 0 radical (unpaired) electrons. The second kappa shape index (κ2) is 14.6. The number of hydrogen-bond donors (Lipinski definition) is 1. The van der Waals surface area contributed by atoms with Crippen molar-refractivity contribution in [1.29, 1.82) is 0 Å². The van der Waals surface area contributed by atoms with Crippen LogP contribution < -0.4 is 0 Å². The third-order valence-electron chi connectivity index (χ3n) is 4.60. The second-order valence-electron chi connectivity index (χ2n) is 6.99. The minimum Gasteiger partial charge on any atom is -0.380 e. The fourth-order valence-electron chi connectivity index (χ4n) is 2.90. The average Bonchev–Trinajstić information content (AvgIpc) is 2.77. The van der Waals surface area contributed by atoms with Crippen LogP contribution in [0.4, 0.5) is 0 Å². The predicted molar refractivity (Wildman–Crippen MR) is 118 cm³/mol. The molecular weight excluding hydrogens is 360 g/mol. The zero-order valence-corrected chi connectivity index (χ0v) is 17.1. The molecule has 0 fully saturated rings. The van der Waals surface area contributed by atoms with Gasteiger partial charge in [-0.05, 0) is 30.4 Å². The Morgan fingerprint density at radius 2 is 1.41 bits per heavy atom. The lowest BCUT2D eigenvalue weighted by Crippen LogP contribution is -2.17. The molecule has 0 saturated carbocycles. The Labute approximate surface area is 175 Å². The normalized spacial score (nSPS) is 12.6. The van der Waals surface area contributed by atoms with Crippen molar-refractivity contribution in [1.82, 2.24) is 0 Å². The Hall–Kier alpha value is -2.38. The summed E-state index contributed by atoms with van der Waals surface area (Å²) in [5.41, 5.74) is 2.35. The standard InChI is InChI=1S/C26H32O3/c1-2-25(17-12-20-29-22-24-15-8-4-9-16-24)26(27)18-10-5-11-19-28-21-23-13-6-3-7-14-23/h2-4,6-9,13-16,25-27H,1,5,11-12,17,19-22H2. The highest BCUT2D eigenvalue weighted by Crippen LogP contribution is 2.13. The number of hydrogen-bond acceptors (Lipinski definition) is 3. The average molecular weight is 393 g/mol. The zero-order chi connectivity index (χ0) is 20.6. The fourth-order valence-corrected chi connectivity index (χ4v) is 2.90. The minimum atomic E-state index is -0.674. The molecule has 0 aliphatic heterocycles. The van der Waals surface area contributed by atoms with Crippen LogP contribution in [0.25, 0.3) is 0 Å². The van der Waals surface area contributed by atoms with E-state index in [1.165, 1.54) is 11.1 Å². The molecule has 1 N–H and O–H groups in total. The molecule has 0 spiro atoms. The Kier molecular flexibility index (Phi) is 11.5. The van der Waals surface area contributed by atoms with Gasteiger partial charge in [0.25, 0.3) is 0 Å². The Balaban J connectivity index is 1.54. The first kappa shape index (κ1) is 22.9. The minimum absolute atomic E-state index is 0.0304. The van der Waals surface area contributed by atoms with E-state index in [2.05, 4.69) is 42.7 Å². The molecule has 2 rings (SSSR count). The topological polar surface area (TPSA) is 38.7 Å². The van der Waals surface area contributed by atoms with Crippen molar-refractivity contribution in [3.63, 3.8) is 0 Å².